The molecule has 0 saturated carbocycles. The van der Waals surface area contributed by atoms with E-state index in [2.05, 4.69) is 25.2 Å². The van der Waals surface area contributed by atoms with Crippen molar-refractivity contribution in [3.63, 3.8) is 0 Å². The summed E-state index contributed by atoms with van der Waals surface area (Å²) in [5.74, 6) is -0.248. The number of nitrogens with one attached hydrogen (secondary N) is 2. The van der Waals surface area contributed by atoms with Crippen LogP contribution in [0.2, 0.25) is 0 Å². The maximum Gasteiger partial charge on any atom is 0.573 e. The van der Waals surface area contributed by atoms with Crippen LogP contribution in [0.15, 0.2) is 30.3 Å². The molecule has 2 aromatic rings. The van der Waals surface area contributed by atoms with E-state index < -0.39 is 6.36 Å². The van der Waals surface area contributed by atoms with Crippen LogP contribution in [0.25, 0.3) is 11.3 Å². The van der Waals surface area contributed by atoms with Crippen LogP contribution in [-0.4, -0.2) is 47.0 Å². The molecule has 1 aliphatic rings. The summed E-state index contributed by atoms with van der Waals surface area (Å²) in [7, 11) is 0. The van der Waals surface area contributed by atoms with Gasteiger partial charge in [0.1, 0.15) is 5.75 Å². The van der Waals surface area contributed by atoms with Crippen LogP contribution in [-0.2, 0) is 4.79 Å². The van der Waals surface area contributed by atoms with Crippen molar-refractivity contribution < 1.29 is 22.7 Å². The van der Waals surface area contributed by atoms with E-state index in [1.165, 1.54) is 37.1 Å². The summed E-state index contributed by atoms with van der Waals surface area (Å²) in [5.41, 5.74) is 0.527. The van der Waals surface area contributed by atoms with Crippen LogP contribution in [0.5, 0.6) is 5.75 Å². The van der Waals surface area contributed by atoms with E-state index in [1.54, 1.807) is 6.07 Å². The van der Waals surface area contributed by atoms with Gasteiger partial charge in [-0.15, -0.1) is 13.2 Å². The van der Waals surface area contributed by atoms with Gasteiger partial charge < -0.3 is 15.0 Å². The first-order valence-corrected chi connectivity index (χ1v) is 8.83. The summed E-state index contributed by atoms with van der Waals surface area (Å²) in [6, 6.07) is 7.23. The molecule has 2 heterocycles. The third kappa shape index (κ3) is 5.72. The number of hydrogen-bond donors (Lipinski definition) is 2. The fraction of sp³-hybridized carbons (Fsp3) is 0.444. The van der Waals surface area contributed by atoms with Gasteiger partial charge in [0.25, 0.3) is 0 Å². The predicted octanol–water partition coefficient (Wildman–Crippen LogP) is 3.79. The molecule has 1 amide bonds. The van der Waals surface area contributed by atoms with Crippen molar-refractivity contribution in [3.05, 3.63) is 30.3 Å². The first-order chi connectivity index (χ1) is 12.9. The third-order valence-corrected chi connectivity index (χ3v) is 4.33. The highest BCUT2D eigenvalue weighted by Gasteiger charge is 2.32. The van der Waals surface area contributed by atoms with Gasteiger partial charge in [-0.3, -0.25) is 9.89 Å². The lowest BCUT2D eigenvalue weighted by Crippen LogP contribution is -2.22. The second kappa shape index (κ2) is 8.43. The smallest absolute Gasteiger partial charge is 0.405 e. The average Bonchev–Trinajstić information content (AvgIpc) is 3.26. The second-order valence-corrected chi connectivity index (χ2v) is 6.41. The number of nitrogens with zero attached hydrogens (tertiary/aromatic N) is 2. The number of aromatic amines is 1. The lowest BCUT2D eigenvalue weighted by Gasteiger charge is -2.13. The Morgan fingerprint density at radius 2 is 2.00 bits per heavy atom. The molecule has 9 heteroatoms. The molecule has 1 aromatic heterocycles. The Kier molecular flexibility index (Phi) is 6.00. The van der Waals surface area contributed by atoms with E-state index in [0.29, 0.717) is 12.1 Å². The Morgan fingerprint density at radius 3 is 2.74 bits per heavy atom. The Balaban J connectivity index is 1.57. The topological polar surface area (TPSA) is 70.2 Å². The van der Waals surface area contributed by atoms with E-state index in [1.807, 2.05) is 0 Å². The fourth-order valence-electron chi connectivity index (χ4n) is 3.10. The minimum absolute atomic E-state index is 0.174. The number of carbonyl (C=O) groups excluding carboxylic acids is 1. The van der Waals surface area contributed by atoms with Crippen LogP contribution in [0.3, 0.4) is 0 Å². The van der Waals surface area contributed by atoms with E-state index in [4.69, 9.17) is 0 Å². The van der Waals surface area contributed by atoms with Crippen molar-refractivity contribution in [2.75, 3.05) is 25.0 Å². The lowest BCUT2D eigenvalue weighted by molar-refractivity contribution is -0.274. The number of aromatic nitrogens is 2. The first-order valence-electron chi connectivity index (χ1n) is 8.83. The number of alkyl halides is 3. The minimum atomic E-state index is -4.79. The van der Waals surface area contributed by atoms with Gasteiger partial charge >= 0.3 is 6.36 Å². The van der Waals surface area contributed by atoms with Crippen molar-refractivity contribution in [1.29, 1.82) is 0 Å². The summed E-state index contributed by atoms with van der Waals surface area (Å²) in [5, 5.41) is 9.25. The van der Waals surface area contributed by atoms with Crippen LogP contribution < -0.4 is 10.1 Å². The van der Waals surface area contributed by atoms with Gasteiger partial charge in [0.15, 0.2) is 5.82 Å². The molecule has 2 N–H and O–H groups in total. The molecule has 1 saturated heterocycles. The molecule has 1 aromatic carbocycles. The molecule has 0 radical (unpaired) electrons. The maximum absolute atomic E-state index is 12.5. The fourth-order valence-corrected chi connectivity index (χ4v) is 3.10. The van der Waals surface area contributed by atoms with Gasteiger partial charge in [-0.1, -0.05) is 12.1 Å². The molecule has 6 nitrogen and oxygen atoms in total. The normalized spacial score (nSPS) is 15.1. The number of anilines is 1. The Bertz CT molecular complexity index is 770. The van der Waals surface area contributed by atoms with Crippen molar-refractivity contribution in [3.8, 4) is 17.0 Å². The molecule has 3 rings (SSSR count). The number of hydrogen-bond acceptors (Lipinski definition) is 4. The number of amides is 1. The van der Waals surface area contributed by atoms with Crippen LogP contribution in [0.1, 0.15) is 25.7 Å². The molecule has 1 aliphatic heterocycles. The summed E-state index contributed by atoms with van der Waals surface area (Å²) >= 11 is 0. The average molecular weight is 382 g/mol. The Morgan fingerprint density at radius 1 is 1.26 bits per heavy atom. The molecule has 146 valence electrons. The predicted molar refractivity (Wildman–Crippen MR) is 94.2 cm³/mol. The molecule has 0 bridgehead atoms. The van der Waals surface area contributed by atoms with E-state index in [9.17, 15) is 18.0 Å². The third-order valence-electron chi connectivity index (χ3n) is 4.33. The summed E-state index contributed by atoms with van der Waals surface area (Å²) in [4.78, 5) is 14.4. The van der Waals surface area contributed by atoms with Gasteiger partial charge in [-0.2, -0.15) is 5.10 Å². The highest BCUT2D eigenvalue weighted by atomic mass is 19.4. The zero-order valence-corrected chi connectivity index (χ0v) is 14.7. The zero-order chi connectivity index (χ0) is 19.3. The van der Waals surface area contributed by atoms with Crippen molar-refractivity contribution >= 4 is 11.7 Å². The number of benzene rings is 1. The highest BCUT2D eigenvalue weighted by Crippen LogP contribution is 2.33. The molecule has 0 atom stereocenters. The molecule has 0 aliphatic carbocycles. The van der Waals surface area contributed by atoms with E-state index >= 15 is 0 Å². The highest BCUT2D eigenvalue weighted by molar-refractivity contribution is 5.90. The van der Waals surface area contributed by atoms with Gasteiger partial charge in [0.05, 0.1) is 5.69 Å². The zero-order valence-electron chi connectivity index (χ0n) is 14.7. The molecule has 0 spiro atoms. The van der Waals surface area contributed by atoms with E-state index in [0.717, 1.165) is 26.1 Å². The monoisotopic (exact) mass is 382 g/mol. The van der Waals surface area contributed by atoms with Gasteiger partial charge in [-0.05, 0) is 51.0 Å². The van der Waals surface area contributed by atoms with Crippen LogP contribution in [0, 0.1) is 0 Å². The number of ether oxygens (including phenoxy) is 1. The molecular formula is C18H21F3N4O2. The lowest BCUT2D eigenvalue weighted by atomic mass is 10.1. The Labute approximate surface area is 154 Å². The van der Waals surface area contributed by atoms with E-state index in [-0.39, 0.29) is 23.0 Å². The van der Waals surface area contributed by atoms with Crippen molar-refractivity contribution in [2.45, 2.75) is 32.0 Å². The summed E-state index contributed by atoms with van der Waals surface area (Å²) in [6.07, 6.45) is -1.25. The largest absolute Gasteiger partial charge is 0.573 e. The molecular weight excluding hydrogens is 361 g/mol. The summed E-state index contributed by atoms with van der Waals surface area (Å²) < 4.78 is 41.6. The molecule has 1 fully saturated rings. The maximum atomic E-state index is 12.5. The molecule has 27 heavy (non-hydrogen) atoms. The van der Waals surface area contributed by atoms with Crippen LogP contribution >= 0.6 is 0 Å². The SMILES string of the molecule is O=C(CCCN1CCCC1)Nc1cc(-c2ccccc2OC(F)(F)F)[nH]n1. The first kappa shape index (κ1) is 19.2. The van der Waals surface area contributed by atoms with Crippen molar-refractivity contribution in [1.82, 2.24) is 15.1 Å². The number of rotatable bonds is 7. The van der Waals surface area contributed by atoms with Crippen LogP contribution in [0.4, 0.5) is 19.0 Å². The number of H-pyrrole nitrogens is 1. The Hall–Kier alpha value is -2.55. The van der Waals surface area contributed by atoms with Gasteiger partial charge in [0.2, 0.25) is 5.91 Å². The van der Waals surface area contributed by atoms with Gasteiger partial charge in [0, 0.05) is 18.1 Å². The molecule has 0 unspecified atom stereocenters. The quantitative estimate of drug-likeness (QED) is 0.764. The van der Waals surface area contributed by atoms with Crippen molar-refractivity contribution in [2.24, 2.45) is 0 Å². The number of carbonyl (C=O) groups is 1. The second-order valence-electron chi connectivity index (χ2n) is 6.41. The number of likely N-dealkylation sites (tertiary alicyclic amines) is 1. The van der Waals surface area contributed by atoms with Gasteiger partial charge in [-0.25, -0.2) is 0 Å². The standard InChI is InChI=1S/C18H21F3N4O2/c19-18(20,21)27-15-7-2-1-6-13(15)14-12-16(24-23-14)22-17(26)8-5-11-25-9-3-4-10-25/h1-2,6-7,12H,3-5,8-11H2,(H2,22,23,24,26). The number of halogens is 3. The number of para-hydroxylation sites is 1. The summed E-state index contributed by atoms with van der Waals surface area (Å²) in [6.45, 7) is 3.06. The minimum Gasteiger partial charge on any atom is -0.405 e.